The van der Waals surface area contributed by atoms with Gasteiger partial charge in [-0.1, -0.05) is 25.1 Å². The van der Waals surface area contributed by atoms with Crippen molar-refractivity contribution in [2.75, 3.05) is 17.7 Å². The molecule has 2 aromatic rings. The third-order valence-corrected chi connectivity index (χ3v) is 3.46. The molecular formula is C18H20N2O3. The van der Waals surface area contributed by atoms with Crippen molar-refractivity contribution in [1.82, 2.24) is 0 Å². The van der Waals surface area contributed by atoms with E-state index in [1.54, 1.807) is 31.4 Å². The second-order valence-corrected chi connectivity index (χ2v) is 5.06. The number of nitrogens with one attached hydrogen (secondary N) is 2. The number of benzene rings is 2. The van der Waals surface area contributed by atoms with Gasteiger partial charge in [0.25, 0.3) is 0 Å². The quantitative estimate of drug-likeness (QED) is 0.817. The number of methoxy groups -OCH3 is 1. The summed E-state index contributed by atoms with van der Waals surface area (Å²) in [7, 11) is 1.56. The van der Waals surface area contributed by atoms with Crippen LogP contribution in [0, 0.1) is 0 Å². The summed E-state index contributed by atoms with van der Waals surface area (Å²) in [5.41, 5.74) is 2.50. The molecule has 2 aromatic carbocycles. The fourth-order valence-electron chi connectivity index (χ4n) is 2.29. The summed E-state index contributed by atoms with van der Waals surface area (Å²) < 4.78 is 5.30. The summed E-state index contributed by atoms with van der Waals surface area (Å²) in [6.07, 6.45) is 0.732. The first kappa shape index (κ1) is 16.5. The molecule has 0 aliphatic rings. The van der Waals surface area contributed by atoms with Crippen LogP contribution >= 0.6 is 0 Å². The van der Waals surface area contributed by atoms with Gasteiger partial charge < -0.3 is 15.4 Å². The minimum atomic E-state index is -0.397. The Balaban J connectivity index is 2.27. The molecular weight excluding hydrogens is 292 g/mol. The normalized spacial score (nSPS) is 10.0. The Kier molecular flexibility index (Phi) is 5.36. The lowest BCUT2D eigenvalue weighted by molar-refractivity contribution is 0.101. The van der Waals surface area contributed by atoms with Crippen LogP contribution in [0.25, 0.3) is 0 Å². The van der Waals surface area contributed by atoms with Gasteiger partial charge in [0, 0.05) is 11.3 Å². The minimum Gasteiger partial charge on any atom is -0.496 e. The van der Waals surface area contributed by atoms with Gasteiger partial charge in [-0.25, -0.2) is 4.79 Å². The molecule has 0 fully saturated rings. The number of rotatable bonds is 5. The van der Waals surface area contributed by atoms with Crippen LogP contribution in [-0.2, 0) is 6.42 Å². The highest BCUT2D eigenvalue weighted by atomic mass is 16.5. The smallest absolute Gasteiger partial charge is 0.323 e. The van der Waals surface area contributed by atoms with Crippen molar-refractivity contribution in [3.8, 4) is 5.75 Å². The highest BCUT2D eigenvalue weighted by molar-refractivity contribution is 6.07. The number of ether oxygens (including phenoxy) is 1. The zero-order valence-electron chi connectivity index (χ0n) is 13.5. The molecule has 0 aromatic heterocycles. The van der Waals surface area contributed by atoms with Crippen LogP contribution in [-0.4, -0.2) is 18.9 Å². The van der Waals surface area contributed by atoms with Gasteiger partial charge in [-0.2, -0.15) is 0 Å². The number of amides is 2. The molecule has 5 heteroatoms. The molecule has 0 saturated heterocycles. The molecule has 0 saturated carbocycles. The van der Waals surface area contributed by atoms with Crippen molar-refractivity contribution in [2.24, 2.45) is 0 Å². The predicted molar refractivity (Wildman–Crippen MR) is 91.5 cm³/mol. The fraction of sp³-hybridized carbons (Fsp3) is 0.222. The summed E-state index contributed by atoms with van der Waals surface area (Å²) in [5, 5.41) is 5.47. The van der Waals surface area contributed by atoms with Crippen LogP contribution in [0.5, 0.6) is 5.75 Å². The van der Waals surface area contributed by atoms with E-state index in [-0.39, 0.29) is 5.78 Å². The Morgan fingerprint density at radius 3 is 2.35 bits per heavy atom. The third-order valence-electron chi connectivity index (χ3n) is 3.46. The zero-order valence-corrected chi connectivity index (χ0v) is 13.5. The average molecular weight is 312 g/mol. The van der Waals surface area contributed by atoms with E-state index >= 15 is 0 Å². The van der Waals surface area contributed by atoms with E-state index < -0.39 is 6.03 Å². The first-order valence-electron chi connectivity index (χ1n) is 7.40. The topological polar surface area (TPSA) is 67.4 Å². The van der Waals surface area contributed by atoms with Crippen LogP contribution in [0.15, 0.2) is 42.5 Å². The zero-order chi connectivity index (χ0) is 16.8. The van der Waals surface area contributed by atoms with E-state index in [1.165, 1.54) is 6.92 Å². The molecule has 0 heterocycles. The number of hydrogen-bond acceptors (Lipinski definition) is 3. The Morgan fingerprint density at radius 1 is 1.09 bits per heavy atom. The first-order valence-corrected chi connectivity index (χ1v) is 7.40. The number of carbonyl (C=O) groups is 2. The van der Waals surface area contributed by atoms with Crippen molar-refractivity contribution < 1.29 is 14.3 Å². The third kappa shape index (κ3) is 4.10. The maximum atomic E-state index is 12.1. The largest absolute Gasteiger partial charge is 0.496 e. The lowest BCUT2D eigenvalue weighted by Crippen LogP contribution is -2.21. The Hall–Kier alpha value is -2.82. The van der Waals surface area contributed by atoms with Crippen LogP contribution in [0.2, 0.25) is 0 Å². The van der Waals surface area contributed by atoms with Crippen molar-refractivity contribution in [2.45, 2.75) is 20.3 Å². The molecule has 0 bridgehead atoms. The SMILES string of the molecule is CCc1cc(NC(=O)Nc2ccccc2)c(C(C)=O)cc1OC. The maximum Gasteiger partial charge on any atom is 0.323 e. The highest BCUT2D eigenvalue weighted by Crippen LogP contribution is 2.28. The molecule has 0 aliphatic heterocycles. The number of hydrogen-bond donors (Lipinski definition) is 2. The summed E-state index contributed by atoms with van der Waals surface area (Å²) in [4.78, 5) is 24.0. The van der Waals surface area contributed by atoms with Gasteiger partial charge in [-0.15, -0.1) is 0 Å². The molecule has 5 nitrogen and oxygen atoms in total. The number of Topliss-reactive ketones (excluding diaryl/α,β-unsaturated/α-hetero) is 1. The molecule has 120 valence electrons. The number of aryl methyl sites for hydroxylation is 1. The predicted octanol–water partition coefficient (Wildman–Crippen LogP) is 4.10. The lowest BCUT2D eigenvalue weighted by Gasteiger charge is -2.15. The first-order chi connectivity index (χ1) is 11.0. The number of ketones is 1. The molecule has 0 unspecified atom stereocenters. The summed E-state index contributed by atoms with van der Waals surface area (Å²) >= 11 is 0. The number of para-hydroxylation sites is 1. The van der Waals surface area contributed by atoms with Crippen molar-refractivity contribution in [1.29, 1.82) is 0 Å². The van der Waals surface area contributed by atoms with Gasteiger partial charge in [0.05, 0.1) is 12.8 Å². The molecule has 2 rings (SSSR count). The molecule has 0 aliphatic carbocycles. The molecule has 23 heavy (non-hydrogen) atoms. The molecule has 0 spiro atoms. The van der Waals surface area contributed by atoms with Crippen LogP contribution in [0.3, 0.4) is 0 Å². The van der Waals surface area contributed by atoms with E-state index in [9.17, 15) is 9.59 Å². The van der Waals surface area contributed by atoms with E-state index in [1.807, 2.05) is 25.1 Å². The summed E-state index contributed by atoms with van der Waals surface area (Å²) in [6, 6.07) is 12.2. The van der Waals surface area contributed by atoms with Crippen molar-refractivity contribution in [3.63, 3.8) is 0 Å². The van der Waals surface area contributed by atoms with E-state index in [4.69, 9.17) is 4.74 Å². The van der Waals surface area contributed by atoms with Crippen LogP contribution in [0.1, 0.15) is 29.8 Å². The summed E-state index contributed by atoms with van der Waals surface area (Å²) in [5.74, 6) is 0.507. The maximum absolute atomic E-state index is 12.1. The lowest BCUT2D eigenvalue weighted by atomic mass is 10.0. The average Bonchev–Trinajstić information content (AvgIpc) is 2.54. The van der Waals surface area contributed by atoms with Gasteiger partial charge in [0.15, 0.2) is 5.78 Å². The van der Waals surface area contributed by atoms with Gasteiger partial charge in [-0.3, -0.25) is 4.79 Å². The molecule has 2 N–H and O–H groups in total. The van der Waals surface area contributed by atoms with Gasteiger partial charge >= 0.3 is 6.03 Å². The number of carbonyl (C=O) groups excluding carboxylic acids is 2. The van der Waals surface area contributed by atoms with Crippen molar-refractivity contribution in [3.05, 3.63) is 53.6 Å². The second kappa shape index (κ2) is 7.45. The molecule has 0 radical (unpaired) electrons. The molecule has 0 atom stereocenters. The van der Waals surface area contributed by atoms with Crippen LogP contribution in [0.4, 0.5) is 16.2 Å². The van der Waals surface area contributed by atoms with Crippen LogP contribution < -0.4 is 15.4 Å². The Labute approximate surface area is 135 Å². The number of urea groups is 1. The minimum absolute atomic E-state index is 0.138. The van der Waals surface area contributed by atoms with E-state index in [2.05, 4.69) is 10.6 Å². The highest BCUT2D eigenvalue weighted by Gasteiger charge is 2.15. The second-order valence-electron chi connectivity index (χ2n) is 5.06. The Bertz CT molecular complexity index is 712. The van der Waals surface area contributed by atoms with Gasteiger partial charge in [0.1, 0.15) is 5.75 Å². The Morgan fingerprint density at radius 2 is 1.78 bits per heavy atom. The van der Waals surface area contributed by atoms with E-state index in [0.717, 1.165) is 12.0 Å². The monoisotopic (exact) mass is 312 g/mol. The van der Waals surface area contributed by atoms with Gasteiger partial charge in [0.2, 0.25) is 0 Å². The van der Waals surface area contributed by atoms with Crippen molar-refractivity contribution >= 4 is 23.2 Å². The summed E-state index contributed by atoms with van der Waals surface area (Å²) in [6.45, 7) is 3.44. The molecule has 2 amide bonds. The standard InChI is InChI=1S/C18H20N2O3/c1-4-13-10-16(15(12(2)21)11-17(13)23-3)20-18(22)19-14-8-6-5-7-9-14/h5-11H,4H2,1-3H3,(H2,19,20,22). The van der Waals surface area contributed by atoms with E-state index in [0.29, 0.717) is 22.7 Å². The number of anilines is 2. The van der Waals surface area contributed by atoms with Gasteiger partial charge in [-0.05, 0) is 43.2 Å². The fourth-order valence-corrected chi connectivity index (χ4v) is 2.29.